The van der Waals surface area contributed by atoms with Crippen molar-refractivity contribution in [3.8, 4) is 0 Å². The standard InChI is InChI=1S/C20H26N4O8/c1-11(2)9-20(29)18(28)22-15(17(27)23-20)19(3,4)32-14(25)10-21-16(26)12-5-7-13(8-6-12)24(30)31/h5-8,11,15,29H,9-10H2,1-4H3,(H,21,26)(H,22,28)(H,23,27)/t15-,20+/m0/s1. The van der Waals surface area contributed by atoms with Crippen LogP contribution in [0.5, 0.6) is 0 Å². The second-order valence-electron chi connectivity index (χ2n) is 8.42. The summed E-state index contributed by atoms with van der Waals surface area (Å²) < 4.78 is 5.28. The zero-order valence-electron chi connectivity index (χ0n) is 18.1. The summed E-state index contributed by atoms with van der Waals surface area (Å²) in [4.78, 5) is 59.3. The maximum Gasteiger partial charge on any atom is 0.326 e. The van der Waals surface area contributed by atoms with E-state index in [0.29, 0.717) is 0 Å². The lowest BCUT2D eigenvalue weighted by Crippen LogP contribution is -2.74. The summed E-state index contributed by atoms with van der Waals surface area (Å²) in [6.07, 6.45) is 0.00614. The lowest BCUT2D eigenvalue weighted by Gasteiger charge is -2.42. The van der Waals surface area contributed by atoms with E-state index in [9.17, 15) is 34.4 Å². The summed E-state index contributed by atoms with van der Waals surface area (Å²) in [7, 11) is 0. The predicted molar refractivity (Wildman–Crippen MR) is 110 cm³/mol. The number of ether oxygens (including phenoxy) is 1. The Morgan fingerprint density at radius 3 is 2.41 bits per heavy atom. The van der Waals surface area contributed by atoms with E-state index in [1.165, 1.54) is 26.0 Å². The number of nitrogens with one attached hydrogen (secondary N) is 3. The van der Waals surface area contributed by atoms with E-state index in [4.69, 9.17) is 4.74 Å². The van der Waals surface area contributed by atoms with Gasteiger partial charge in [0.2, 0.25) is 11.6 Å². The molecule has 3 amide bonds. The summed E-state index contributed by atoms with van der Waals surface area (Å²) in [5.74, 6) is -3.15. The quantitative estimate of drug-likeness (QED) is 0.243. The number of nitrogens with zero attached hydrogens (tertiary/aromatic N) is 1. The van der Waals surface area contributed by atoms with Crippen molar-refractivity contribution >= 4 is 29.4 Å². The molecule has 1 fully saturated rings. The highest BCUT2D eigenvalue weighted by Crippen LogP contribution is 2.23. The summed E-state index contributed by atoms with van der Waals surface area (Å²) in [5.41, 5.74) is -3.63. The number of hydrogen-bond donors (Lipinski definition) is 4. The maximum atomic E-state index is 12.5. The fraction of sp³-hybridized carbons (Fsp3) is 0.500. The molecule has 0 spiro atoms. The molecule has 2 atom stereocenters. The van der Waals surface area contributed by atoms with Gasteiger partial charge in [-0.25, -0.2) is 0 Å². The molecule has 1 saturated heterocycles. The van der Waals surface area contributed by atoms with Crippen LogP contribution in [0.4, 0.5) is 5.69 Å². The molecule has 0 aromatic heterocycles. The van der Waals surface area contributed by atoms with E-state index in [2.05, 4.69) is 16.0 Å². The van der Waals surface area contributed by atoms with Crippen molar-refractivity contribution in [2.75, 3.05) is 6.54 Å². The van der Waals surface area contributed by atoms with E-state index >= 15 is 0 Å². The molecule has 1 aliphatic rings. The second-order valence-corrected chi connectivity index (χ2v) is 8.42. The number of esters is 1. The van der Waals surface area contributed by atoms with Gasteiger partial charge in [0, 0.05) is 24.1 Å². The third-order valence-electron chi connectivity index (χ3n) is 4.75. The first kappa shape index (κ1) is 24.7. The maximum absolute atomic E-state index is 12.5. The van der Waals surface area contributed by atoms with E-state index in [0.717, 1.165) is 12.1 Å². The SMILES string of the molecule is CC(C)C[C@]1(O)NC(=O)[C@@H](C(C)(C)OC(=O)CNC(=O)c2ccc([N+](=O)[O-])cc2)NC1=O. The number of nitro benzene ring substituents is 1. The molecule has 4 N–H and O–H groups in total. The number of rotatable bonds is 8. The number of nitro groups is 1. The zero-order chi connectivity index (χ0) is 24.3. The predicted octanol–water partition coefficient (Wildman–Crippen LogP) is -0.00430. The number of carbonyl (C=O) groups excluding carboxylic acids is 4. The van der Waals surface area contributed by atoms with Crippen molar-refractivity contribution in [3.05, 3.63) is 39.9 Å². The molecule has 1 aliphatic heterocycles. The van der Waals surface area contributed by atoms with E-state index in [-0.39, 0.29) is 23.6 Å². The number of amides is 3. The van der Waals surface area contributed by atoms with Crippen LogP contribution < -0.4 is 16.0 Å². The van der Waals surface area contributed by atoms with Crippen LogP contribution in [-0.2, 0) is 19.1 Å². The van der Waals surface area contributed by atoms with Gasteiger partial charge in [0.05, 0.1) is 4.92 Å². The third kappa shape index (κ3) is 5.78. The van der Waals surface area contributed by atoms with Crippen LogP contribution in [-0.4, -0.2) is 57.6 Å². The van der Waals surface area contributed by atoms with Gasteiger partial charge in [0.25, 0.3) is 17.5 Å². The Hall–Kier alpha value is -3.54. The molecule has 1 aromatic rings. The number of benzene rings is 1. The lowest BCUT2D eigenvalue weighted by molar-refractivity contribution is -0.384. The Kier molecular flexibility index (Phi) is 7.19. The molecule has 0 bridgehead atoms. The minimum atomic E-state index is -2.05. The van der Waals surface area contributed by atoms with Crippen molar-refractivity contribution < 1.29 is 33.9 Å². The van der Waals surface area contributed by atoms with Crippen molar-refractivity contribution in [2.24, 2.45) is 5.92 Å². The number of hydrogen-bond acceptors (Lipinski definition) is 8. The van der Waals surface area contributed by atoms with Crippen LogP contribution in [0.15, 0.2) is 24.3 Å². The van der Waals surface area contributed by atoms with Gasteiger partial charge in [-0.2, -0.15) is 0 Å². The smallest absolute Gasteiger partial charge is 0.326 e. The van der Waals surface area contributed by atoms with Crippen LogP contribution in [0.1, 0.15) is 44.5 Å². The molecule has 0 aliphatic carbocycles. The molecule has 174 valence electrons. The molecular formula is C20H26N4O8. The number of piperazine rings is 1. The average Bonchev–Trinajstić information content (AvgIpc) is 2.67. The van der Waals surface area contributed by atoms with Gasteiger partial charge >= 0.3 is 5.97 Å². The highest BCUT2D eigenvalue weighted by atomic mass is 16.6. The highest BCUT2D eigenvalue weighted by Gasteiger charge is 2.51. The van der Waals surface area contributed by atoms with Gasteiger partial charge in [-0.15, -0.1) is 0 Å². The average molecular weight is 450 g/mol. The number of non-ortho nitro benzene ring substituents is 1. The molecule has 0 saturated carbocycles. The first-order chi connectivity index (χ1) is 14.7. The molecule has 0 unspecified atom stereocenters. The molecule has 0 radical (unpaired) electrons. The molecular weight excluding hydrogens is 424 g/mol. The Bertz CT molecular complexity index is 928. The van der Waals surface area contributed by atoms with Crippen LogP contribution in [0.3, 0.4) is 0 Å². The molecule has 1 aromatic carbocycles. The Morgan fingerprint density at radius 1 is 1.28 bits per heavy atom. The molecule has 12 nitrogen and oxygen atoms in total. The van der Waals surface area contributed by atoms with Crippen LogP contribution in [0.25, 0.3) is 0 Å². The summed E-state index contributed by atoms with van der Waals surface area (Å²) in [6, 6.07) is 3.52. The minimum Gasteiger partial charge on any atom is -0.456 e. The summed E-state index contributed by atoms with van der Waals surface area (Å²) in [5, 5.41) is 28.1. The lowest BCUT2D eigenvalue weighted by atomic mass is 9.90. The fourth-order valence-electron chi connectivity index (χ4n) is 3.25. The Balaban J connectivity index is 1.95. The van der Waals surface area contributed by atoms with Crippen LogP contribution in [0, 0.1) is 16.0 Å². The molecule has 2 rings (SSSR count). The normalized spacial score (nSPS) is 20.9. The first-order valence-corrected chi connectivity index (χ1v) is 9.85. The van der Waals surface area contributed by atoms with Gasteiger partial charge < -0.3 is 25.8 Å². The number of aliphatic hydroxyl groups is 1. The topological polar surface area (TPSA) is 177 Å². The van der Waals surface area contributed by atoms with Crippen molar-refractivity contribution in [1.29, 1.82) is 0 Å². The van der Waals surface area contributed by atoms with E-state index < -0.39 is 52.5 Å². The first-order valence-electron chi connectivity index (χ1n) is 9.85. The molecule has 1 heterocycles. The second kappa shape index (κ2) is 9.30. The highest BCUT2D eigenvalue weighted by molar-refractivity contribution is 5.99. The summed E-state index contributed by atoms with van der Waals surface area (Å²) in [6.45, 7) is 5.82. The van der Waals surface area contributed by atoms with E-state index in [1.54, 1.807) is 13.8 Å². The minimum absolute atomic E-state index is 0.00614. The van der Waals surface area contributed by atoms with E-state index in [1.807, 2.05) is 0 Å². The number of carbonyl (C=O) groups is 4. The van der Waals surface area contributed by atoms with Gasteiger partial charge in [0.15, 0.2) is 0 Å². The molecule has 32 heavy (non-hydrogen) atoms. The van der Waals surface area contributed by atoms with Gasteiger partial charge in [0.1, 0.15) is 18.2 Å². The van der Waals surface area contributed by atoms with Gasteiger partial charge in [-0.1, -0.05) is 13.8 Å². The third-order valence-corrected chi connectivity index (χ3v) is 4.75. The van der Waals surface area contributed by atoms with Gasteiger partial charge in [-0.3, -0.25) is 29.3 Å². The fourth-order valence-corrected chi connectivity index (χ4v) is 3.25. The molecule has 12 heteroatoms. The van der Waals surface area contributed by atoms with Gasteiger partial charge in [-0.05, 0) is 31.9 Å². The van der Waals surface area contributed by atoms with Crippen LogP contribution >= 0.6 is 0 Å². The van der Waals surface area contributed by atoms with Crippen LogP contribution in [0.2, 0.25) is 0 Å². The summed E-state index contributed by atoms with van der Waals surface area (Å²) >= 11 is 0. The Labute approximate surface area is 183 Å². The monoisotopic (exact) mass is 450 g/mol. The van der Waals surface area contributed by atoms with Crippen molar-refractivity contribution in [2.45, 2.75) is 51.5 Å². The van der Waals surface area contributed by atoms with Crippen molar-refractivity contribution in [3.63, 3.8) is 0 Å². The Morgan fingerprint density at radius 2 is 1.88 bits per heavy atom. The van der Waals surface area contributed by atoms with Crippen molar-refractivity contribution in [1.82, 2.24) is 16.0 Å². The zero-order valence-corrected chi connectivity index (χ0v) is 18.1. The largest absolute Gasteiger partial charge is 0.456 e.